The zero-order valence-electron chi connectivity index (χ0n) is 15.5. The highest BCUT2D eigenvalue weighted by molar-refractivity contribution is 5.97. The minimum atomic E-state index is -1.24. The highest BCUT2D eigenvalue weighted by Crippen LogP contribution is 2.16. The van der Waals surface area contributed by atoms with Gasteiger partial charge in [0, 0.05) is 36.6 Å². The fourth-order valence-corrected chi connectivity index (χ4v) is 2.61. The summed E-state index contributed by atoms with van der Waals surface area (Å²) in [5, 5.41) is 26.4. The van der Waals surface area contributed by atoms with Crippen LogP contribution < -0.4 is 15.7 Å². The summed E-state index contributed by atoms with van der Waals surface area (Å²) >= 11 is 0. The van der Waals surface area contributed by atoms with Crippen molar-refractivity contribution in [1.29, 1.82) is 0 Å². The van der Waals surface area contributed by atoms with Gasteiger partial charge in [0.05, 0.1) is 4.92 Å². The number of nitrogens with one attached hydrogen (secondary N) is 2. The number of non-ortho nitro benzene ring substituents is 1. The van der Waals surface area contributed by atoms with E-state index < -0.39 is 28.7 Å². The van der Waals surface area contributed by atoms with Gasteiger partial charge in [-0.3, -0.25) is 19.7 Å². The fourth-order valence-electron chi connectivity index (χ4n) is 2.61. The van der Waals surface area contributed by atoms with Crippen molar-refractivity contribution in [3.05, 3.63) is 70.3 Å². The molecule has 0 spiro atoms. The molecule has 0 aliphatic heterocycles. The second-order valence-corrected chi connectivity index (χ2v) is 6.33. The lowest BCUT2D eigenvalue weighted by molar-refractivity contribution is -0.384. The van der Waals surface area contributed by atoms with E-state index >= 15 is 0 Å². The van der Waals surface area contributed by atoms with Gasteiger partial charge < -0.3 is 20.5 Å². The van der Waals surface area contributed by atoms with Gasteiger partial charge >= 0.3 is 0 Å². The number of aliphatic carboxylic acids is 1. The van der Waals surface area contributed by atoms with E-state index in [1.807, 2.05) is 30.3 Å². The molecule has 0 aliphatic carbocycles. The Bertz CT molecular complexity index is 868. The molecule has 0 saturated carbocycles. The molecule has 9 heteroatoms. The van der Waals surface area contributed by atoms with Crippen LogP contribution in [0.3, 0.4) is 0 Å². The first-order valence-corrected chi connectivity index (χ1v) is 8.93. The molecule has 0 radical (unpaired) electrons. The molecule has 0 fully saturated rings. The quantitative estimate of drug-likeness (QED) is 0.455. The second kappa shape index (κ2) is 10.5. The third-order valence-corrected chi connectivity index (χ3v) is 4.06. The molecule has 0 saturated heterocycles. The number of nitro benzene ring substituents is 1. The van der Waals surface area contributed by atoms with Gasteiger partial charge in [0.15, 0.2) is 0 Å². The molecule has 0 aliphatic rings. The van der Waals surface area contributed by atoms with E-state index in [0.717, 1.165) is 5.56 Å². The van der Waals surface area contributed by atoms with E-state index in [2.05, 4.69) is 10.6 Å². The van der Waals surface area contributed by atoms with Crippen LogP contribution in [-0.4, -0.2) is 28.7 Å². The van der Waals surface area contributed by atoms with Crippen molar-refractivity contribution in [1.82, 2.24) is 5.32 Å². The summed E-state index contributed by atoms with van der Waals surface area (Å²) in [6, 6.07) is 13.5. The van der Waals surface area contributed by atoms with Crippen LogP contribution in [0.2, 0.25) is 0 Å². The lowest BCUT2D eigenvalue weighted by atomic mass is 10.0. The smallest absolute Gasteiger partial charge is 0.269 e. The number of rotatable bonds is 10. The monoisotopic (exact) mass is 398 g/mol. The maximum atomic E-state index is 12.7. The fraction of sp³-hybridized carbons (Fsp3) is 0.250. The molecule has 1 atom stereocenters. The molecule has 0 unspecified atom stereocenters. The summed E-state index contributed by atoms with van der Waals surface area (Å²) in [6.45, 7) is 0. The van der Waals surface area contributed by atoms with E-state index in [1.54, 1.807) is 0 Å². The number of amides is 2. The maximum absolute atomic E-state index is 12.7. The zero-order valence-corrected chi connectivity index (χ0v) is 15.5. The van der Waals surface area contributed by atoms with Crippen molar-refractivity contribution in [3.8, 4) is 0 Å². The summed E-state index contributed by atoms with van der Waals surface area (Å²) in [7, 11) is 0. The molecule has 0 heterocycles. The summed E-state index contributed by atoms with van der Waals surface area (Å²) in [5.41, 5.74) is 1.07. The predicted molar refractivity (Wildman–Crippen MR) is 103 cm³/mol. The van der Waals surface area contributed by atoms with Crippen LogP contribution in [-0.2, 0) is 20.8 Å². The van der Waals surface area contributed by atoms with E-state index in [1.165, 1.54) is 24.3 Å². The van der Waals surface area contributed by atoms with Crippen LogP contribution in [0.4, 0.5) is 11.4 Å². The second-order valence-electron chi connectivity index (χ2n) is 6.33. The molecule has 0 bridgehead atoms. The van der Waals surface area contributed by atoms with E-state index in [-0.39, 0.29) is 31.4 Å². The Morgan fingerprint density at radius 1 is 0.966 bits per heavy atom. The Morgan fingerprint density at radius 3 is 2.21 bits per heavy atom. The van der Waals surface area contributed by atoms with Gasteiger partial charge in [0.1, 0.15) is 6.04 Å². The zero-order chi connectivity index (χ0) is 21.2. The number of nitro groups is 1. The SMILES string of the molecule is O=C([O-])CCCC(=O)N[C@@H](Cc1ccccc1)C(=O)Nc1ccc([N+](=O)[O-])cc1. The van der Waals surface area contributed by atoms with E-state index in [0.29, 0.717) is 5.69 Å². The third-order valence-electron chi connectivity index (χ3n) is 4.06. The first-order valence-electron chi connectivity index (χ1n) is 8.93. The van der Waals surface area contributed by atoms with Crippen molar-refractivity contribution < 1.29 is 24.4 Å². The molecule has 2 N–H and O–H groups in total. The van der Waals surface area contributed by atoms with Gasteiger partial charge in [-0.2, -0.15) is 0 Å². The minimum absolute atomic E-state index is 0.0515. The van der Waals surface area contributed by atoms with Crippen LogP contribution in [0.15, 0.2) is 54.6 Å². The molecule has 2 amide bonds. The van der Waals surface area contributed by atoms with Crippen LogP contribution >= 0.6 is 0 Å². The molecule has 0 aromatic heterocycles. The molecular formula is C20H20N3O6-. The molecule has 29 heavy (non-hydrogen) atoms. The van der Waals surface area contributed by atoms with Crippen LogP contribution in [0.25, 0.3) is 0 Å². The average Bonchev–Trinajstić information content (AvgIpc) is 2.68. The van der Waals surface area contributed by atoms with Crippen LogP contribution in [0.1, 0.15) is 24.8 Å². The summed E-state index contributed by atoms with van der Waals surface area (Å²) < 4.78 is 0. The Kier molecular flexibility index (Phi) is 7.84. The van der Waals surface area contributed by atoms with Gasteiger partial charge in [0.2, 0.25) is 11.8 Å². The Morgan fingerprint density at radius 2 is 1.62 bits per heavy atom. The van der Waals surface area contributed by atoms with Gasteiger partial charge in [-0.05, 0) is 30.5 Å². The van der Waals surface area contributed by atoms with E-state index in [9.17, 15) is 29.6 Å². The summed E-state index contributed by atoms with van der Waals surface area (Å²) in [5.74, 6) is -2.18. The molecular weight excluding hydrogens is 378 g/mol. The number of hydrogen-bond donors (Lipinski definition) is 2. The number of anilines is 1. The summed E-state index contributed by atoms with van der Waals surface area (Å²) in [4.78, 5) is 45.5. The van der Waals surface area contributed by atoms with Crippen molar-refractivity contribution in [3.63, 3.8) is 0 Å². The lowest BCUT2D eigenvalue weighted by Gasteiger charge is -2.19. The Balaban J connectivity index is 2.06. The van der Waals surface area contributed by atoms with Crippen LogP contribution in [0, 0.1) is 10.1 Å². The van der Waals surface area contributed by atoms with E-state index in [4.69, 9.17) is 0 Å². The first-order chi connectivity index (χ1) is 13.8. The number of carboxylic acid groups (broad SMARTS) is 1. The molecule has 2 aromatic carbocycles. The summed E-state index contributed by atoms with van der Waals surface area (Å²) in [6.07, 6.45) is 0.0396. The van der Waals surface area contributed by atoms with Crippen LogP contribution in [0.5, 0.6) is 0 Å². The number of carboxylic acids is 1. The third kappa shape index (κ3) is 7.41. The highest BCUT2D eigenvalue weighted by atomic mass is 16.6. The minimum Gasteiger partial charge on any atom is -0.550 e. The Labute approximate surface area is 166 Å². The van der Waals surface area contributed by atoms with Gasteiger partial charge in [0.25, 0.3) is 5.69 Å². The first kappa shape index (κ1) is 21.5. The number of hydrogen-bond acceptors (Lipinski definition) is 6. The normalized spacial score (nSPS) is 11.3. The average molecular weight is 398 g/mol. The van der Waals surface area contributed by atoms with Gasteiger partial charge in [-0.25, -0.2) is 0 Å². The molecule has 9 nitrogen and oxygen atoms in total. The van der Waals surface area contributed by atoms with Crippen molar-refractivity contribution >= 4 is 29.2 Å². The largest absolute Gasteiger partial charge is 0.550 e. The molecule has 2 rings (SSSR count). The molecule has 2 aromatic rings. The number of nitrogens with zero attached hydrogens (tertiary/aromatic N) is 1. The topological polar surface area (TPSA) is 141 Å². The number of carbonyl (C=O) groups excluding carboxylic acids is 3. The van der Waals surface area contributed by atoms with Gasteiger partial charge in [-0.1, -0.05) is 30.3 Å². The maximum Gasteiger partial charge on any atom is 0.269 e. The number of benzene rings is 2. The van der Waals surface area contributed by atoms with Crippen molar-refractivity contribution in [2.75, 3.05) is 5.32 Å². The van der Waals surface area contributed by atoms with Crippen molar-refractivity contribution in [2.45, 2.75) is 31.7 Å². The lowest BCUT2D eigenvalue weighted by Crippen LogP contribution is -2.45. The number of carbonyl (C=O) groups is 3. The standard InChI is InChI=1S/C20H21N3O6/c24-18(7-4-8-19(25)26)22-17(13-14-5-2-1-3-6-14)20(27)21-15-9-11-16(12-10-15)23(28)29/h1-3,5-6,9-12,17H,4,7-8,13H2,(H,21,27)(H,22,24)(H,25,26)/p-1/t17-/m0/s1. The van der Waals surface area contributed by atoms with Gasteiger partial charge in [-0.15, -0.1) is 0 Å². The predicted octanol–water partition coefficient (Wildman–Crippen LogP) is 1.18. The molecule has 152 valence electrons. The Hall–Kier alpha value is -3.75. The highest BCUT2D eigenvalue weighted by Gasteiger charge is 2.21. The van der Waals surface area contributed by atoms with Crippen molar-refractivity contribution in [2.24, 2.45) is 0 Å².